The number of aromatic hydroxyl groups is 1. The molecule has 1 aliphatic heterocycles. The van der Waals surface area contributed by atoms with Crippen LogP contribution in [-0.2, 0) is 16.1 Å². The summed E-state index contributed by atoms with van der Waals surface area (Å²) >= 11 is 0. The predicted molar refractivity (Wildman–Crippen MR) is 102 cm³/mol. The zero-order valence-electron chi connectivity index (χ0n) is 16.0. The number of ether oxygens (including phenoxy) is 2. The van der Waals surface area contributed by atoms with E-state index in [0.717, 1.165) is 0 Å². The molecule has 0 unspecified atom stereocenters. The van der Waals surface area contributed by atoms with E-state index in [1.54, 1.807) is 6.92 Å². The van der Waals surface area contributed by atoms with E-state index >= 15 is 0 Å². The van der Waals surface area contributed by atoms with Crippen LogP contribution in [0.4, 0.5) is 5.69 Å². The number of hydrogen-bond acceptors (Lipinski definition) is 8. The Labute approximate surface area is 170 Å². The molecule has 2 aromatic rings. The van der Waals surface area contributed by atoms with Gasteiger partial charge in [-0.1, -0.05) is 0 Å². The van der Waals surface area contributed by atoms with Crippen molar-refractivity contribution >= 4 is 23.3 Å². The van der Waals surface area contributed by atoms with E-state index in [2.05, 4.69) is 0 Å². The van der Waals surface area contributed by atoms with Gasteiger partial charge in [0.2, 0.25) is 0 Å². The van der Waals surface area contributed by atoms with Gasteiger partial charge in [0.15, 0.2) is 12.4 Å². The van der Waals surface area contributed by atoms with Crippen molar-refractivity contribution in [2.24, 2.45) is 0 Å². The number of phenols is 1. The Balaban J connectivity index is 1.66. The molecule has 0 radical (unpaired) electrons. The predicted octanol–water partition coefficient (Wildman–Crippen LogP) is 2.08. The van der Waals surface area contributed by atoms with Crippen molar-refractivity contribution < 1.29 is 33.9 Å². The van der Waals surface area contributed by atoms with Crippen molar-refractivity contribution in [3.63, 3.8) is 0 Å². The van der Waals surface area contributed by atoms with E-state index < -0.39 is 22.6 Å². The number of nitro groups is 1. The molecule has 1 N–H and O–H groups in total. The molecule has 3 rings (SSSR count). The molecule has 1 aliphatic rings. The molecule has 1 amide bonds. The van der Waals surface area contributed by atoms with Crippen molar-refractivity contribution in [3.8, 4) is 11.5 Å². The second-order valence-electron chi connectivity index (χ2n) is 6.46. The first-order valence-electron chi connectivity index (χ1n) is 9.01. The Morgan fingerprint density at radius 3 is 2.67 bits per heavy atom. The average Bonchev–Trinajstić information content (AvgIpc) is 3.01. The summed E-state index contributed by atoms with van der Waals surface area (Å²) in [4.78, 5) is 48.0. The van der Waals surface area contributed by atoms with Crippen molar-refractivity contribution in [1.82, 2.24) is 4.90 Å². The molecular weight excluding hydrogens is 396 g/mol. The fraction of sp³-hybridized carbons (Fsp3) is 0.250. The zero-order chi connectivity index (χ0) is 21.8. The molecule has 156 valence electrons. The lowest BCUT2D eigenvalue weighted by molar-refractivity contribution is -0.384. The molecule has 0 atom stereocenters. The molecule has 10 heteroatoms. The quantitative estimate of drug-likeness (QED) is 0.300. The third-order valence-corrected chi connectivity index (χ3v) is 4.44. The van der Waals surface area contributed by atoms with Crippen LogP contribution >= 0.6 is 0 Å². The Bertz CT molecular complexity index is 1030. The van der Waals surface area contributed by atoms with E-state index in [1.165, 1.54) is 41.3 Å². The van der Waals surface area contributed by atoms with E-state index in [1.807, 2.05) is 0 Å². The van der Waals surface area contributed by atoms with Crippen molar-refractivity contribution in [2.75, 3.05) is 19.8 Å². The smallest absolute Gasteiger partial charge is 0.344 e. The van der Waals surface area contributed by atoms with Gasteiger partial charge in [-0.25, -0.2) is 4.79 Å². The zero-order valence-corrected chi connectivity index (χ0v) is 16.0. The first-order valence-corrected chi connectivity index (χ1v) is 9.01. The van der Waals surface area contributed by atoms with Crippen LogP contribution in [0.3, 0.4) is 0 Å². The second-order valence-corrected chi connectivity index (χ2v) is 6.46. The molecule has 0 aliphatic carbocycles. The molecule has 2 aromatic carbocycles. The Morgan fingerprint density at radius 1 is 1.23 bits per heavy atom. The van der Waals surface area contributed by atoms with Crippen molar-refractivity contribution in [3.05, 3.63) is 63.2 Å². The summed E-state index contributed by atoms with van der Waals surface area (Å²) in [6.45, 7) is 1.29. The number of carbonyl (C=O) groups is 3. The normalized spacial score (nSPS) is 12.4. The van der Waals surface area contributed by atoms with Crippen molar-refractivity contribution in [1.29, 1.82) is 0 Å². The Kier molecular flexibility index (Phi) is 5.95. The average molecular weight is 414 g/mol. The topological polar surface area (TPSA) is 136 Å². The molecule has 0 fully saturated rings. The highest BCUT2D eigenvalue weighted by molar-refractivity contribution is 6.05. The molecule has 0 aromatic heterocycles. The molecule has 0 spiro atoms. The lowest BCUT2D eigenvalue weighted by Crippen LogP contribution is -2.30. The first kappa shape index (κ1) is 20.8. The number of fused-ring (bicyclic) bond motifs is 1. The van der Waals surface area contributed by atoms with Crippen LogP contribution in [0.25, 0.3) is 0 Å². The minimum Gasteiger partial charge on any atom is -0.507 e. The lowest BCUT2D eigenvalue weighted by Gasteiger charge is -2.15. The van der Waals surface area contributed by atoms with Gasteiger partial charge < -0.3 is 19.5 Å². The van der Waals surface area contributed by atoms with Gasteiger partial charge >= 0.3 is 5.97 Å². The SMILES string of the molecule is CCOC(=O)COc1ccc(C(=O)CN2Cc3cc([N+](=O)[O-])ccc3C2=O)c(O)c1. The maximum absolute atomic E-state index is 12.6. The van der Waals surface area contributed by atoms with Crippen LogP contribution in [0, 0.1) is 10.1 Å². The minimum atomic E-state index is -0.565. The lowest BCUT2D eigenvalue weighted by atomic mass is 10.1. The van der Waals surface area contributed by atoms with Crippen molar-refractivity contribution in [2.45, 2.75) is 13.5 Å². The largest absolute Gasteiger partial charge is 0.507 e. The summed E-state index contributed by atoms with van der Waals surface area (Å²) in [6, 6.07) is 7.85. The summed E-state index contributed by atoms with van der Waals surface area (Å²) in [7, 11) is 0. The van der Waals surface area contributed by atoms with E-state index in [9.17, 15) is 29.6 Å². The number of nitro benzene ring substituents is 1. The number of amides is 1. The highest BCUT2D eigenvalue weighted by Gasteiger charge is 2.31. The van der Waals surface area contributed by atoms with E-state index in [4.69, 9.17) is 9.47 Å². The monoisotopic (exact) mass is 414 g/mol. The molecule has 0 saturated heterocycles. The number of phenolic OH excluding ortho intramolecular Hbond substituents is 1. The van der Waals surface area contributed by atoms with Crippen LogP contribution in [0.2, 0.25) is 0 Å². The molecular formula is C20H18N2O8. The van der Waals surface area contributed by atoms with E-state index in [0.29, 0.717) is 11.1 Å². The first-order chi connectivity index (χ1) is 14.3. The van der Waals surface area contributed by atoms with Crippen LogP contribution in [0.1, 0.15) is 33.2 Å². The van der Waals surface area contributed by atoms with E-state index in [-0.39, 0.29) is 49.1 Å². The molecule has 10 nitrogen and oxygen atoms in total. The number of benzene rings is 2. The Morgan fingerprint density at radius 2 is 2.00 bits per heavy atom. The molecule has 1 heterocycles. The highest BCUT2D eigenvalue weighted by Crippen LogP contribution is 2.28. The maximum atomic E-state index is 12.6. The third kappa shape index (κ3) is 4.37. The van der Waals surface area contributed by atoms with Gasteiger partial charge in [-0.2, -0.15) is 0 Å². The highest BCUT2D eigenvalue weighted by atomic mass is 16.6. The number of non-ortho nitro benzene ring substituents is 1. The number of nitrogens with zero attached hydrogens (tertiary/aromatic N) is 2. The second kappa shape index (κ2) is 8.60. The number of ketones is 1. The van der Waals surface area contributed by atoms with Crippen LogP contribution < -0.4 is 4.74 Å². The molecule has 30 heavy (non-hydrogen) atoms. The fourth-order valence-electron chi connectivity index (χ4n) is 3.05. The summed E-state index contributed by atoms with van der Waals surface area (Å²) in [6.07, 6.45) is 0. The fourth-order valence-corrected chi connectivity index (χ4v) is 3.05. The molecule has 0 saturated carbocycles. The van der Waals surface area contributed by atoms with Gasteiger partial charge in [0.25, 0.3) is 11.6 Å². The minimum absolute atomic E-state index is 0.0202. The standard InChI is InChI=1S/C20H18N2O8/c1-2-29-19(25)11-30-14-4-6-16(17(23)8-14)18(24)10-21-9-12-7-13(22(27)28)3-5-15(12)20(21)26/h3-8,23H,2,9-11H2,1H3. The van der Waals surface area contributed by atoms with Crippen LogP contribution in [-0.4, -0.2) is 52.3 Å². The summed E-state index contributed by atoms with van der Waals surface area (Å²) in [5.41, 5.74) is 0.619. The van der Waals surface area contributed by atoms with Gasteiger partial charge in [-0.05, 0) is 30.7 Å². The van der Waals surface area contributed by atoms with Gasteiger partial charge in [0.1, 0.15) is 11.5 Å². The summed E-state index contributed by atoms with van der Waals surface area (Å²) in [5.74, 6) is -1.68. The van der Waals surface area contributed by atoms with Crippen LogP contribution in [0.5, 0.6) is 11.5 Å². The maximum Gasteiger partial charge on any atom is 0.344 e. The van der Waals surface area contributed by atoms with Gasteiger partial charge in [-0.3, -0.25) is 19.7 Å². The number of carbonyl (C=O) groups excluding carboxylic acids is 3. The molecule has 0 bridgehead atoms. The third-order valence-electron chi connectivity index (χ3n) is 4.44. The summed E-state index contributed by atoms with van der Waals surface area (Å²) in [5, 5.41) is 21.0. The van der Waals surface area contributed by atoms with Crippen LogP contribution in [0.15, 0.2) is 36.4 Å². The number of rotatable bonds is 8. The number of esters is 1. The summed E-state index contributed by atoms with van der Waals surface area (Å²) < 4.78 is 9.93. The number of hydrogen-bond donors (Lipinski definition) is 1. The van der Waals surface area contributed by atoms with Gasteiger partial charge in [-0.15, -0.1) is 0 Å². The number of Topliss-reactive ketones (excluding diaryl/α,β-unsaturated/α-hetero) is 1. The van der Waals surface area contributed by atoms with Gasteiger partial charge in [0, 0.05) is 30.3 Å². The Hall–Kier alpha value is -3.95. The van der Waals surface area contributed by atoms with Gasteiger partial charge in [0.05, 0.1) is 23.6 Å².